The summed E-state index contributed by atoms with van der Waals surface area (Å²) in [5.41, 5.74) is 4.32. The van der Waals surface area contributed by atoms with Gasteiger partial charge in [0.05, 0.1) is 17.1 Å². The summed E-state index contributed by atoms with van der Waals surface area (Å²) >= 11 is 0. The van der Waals surface area contributed by atoms with Gasteiger partial charge in [-0.1, -0.05) is 6.07 Å². The van der Waals surface area contributed by atoms with Crippen molar-refractivity contribution < 1.29 is 4.79 Å². The summed E-state index contributed by atoms with van der Waals surface area (Å²) in [6.07, 6.45) is 1.26. The van der Waals surface area contributed by atoms with E-state index < -0.39 is 0 Å². The number of nitrogens with zero attached hydrogens (tertiary/aromatic N) is 2. The van der Waals surface area contributed by atoms with Gasteiger partial charge in [0.25, 0.3) is 0 Å². The number of carbonyl (C=O) groups excluding carboxylic acids is 1. The number of hydrogen-bond donors (Lipinski definition) is 2. The number of nitriles is 1. The molecule has 0 unspecified atom stereocenters. The highest BCUT2D eigenvalue weighted by Gasteiger charge is 2.14. The van der Waals surface area contributed by atoms with E-state index in [2.05, 4.69) is 21.7 Å². The normalized spacial score (nSPS) is 13.0. The molecule has 0 radical (unpaired) electrons. The van der Waals surface area contributed by atoms with Gasteiger partial charge in [0.1, 0.15) is 5.82 Å². The van der Waals surface area contributed by atoms with Crippen LogP contribution in [0.4, 0.5) is 17.2 Å². The third-order valence-corrected chi connectivity index (χ3v) is 4.13. The quantitative estimate of drug-likeness (QED) is 0.755. The van der Waals surface area contributed by atoms with Crippen molar-refractivity contribution in [2.24, 2.45) is 0 Å². The topological polar surface area (TPSA) is 77.8 Å². The van der Waals surface area contributed by atoms with E-state index in [0.29, 0.717) is 12.0 Å². The van der Waals surface area contributed by atoms with Gasteiger partial charge in [-0.2, -0.15) is 5.26 Å². The van der Waals surface area contributed by atoms with Crippen molar-refractivity contribution in [2.75, 3.05) is 10.6 Å². The number of carbonyl (C=O) groups is 1. The van der Waals surface area contributed by atoms with Gasteiger partial charge in [-0.05, 0) is 54.4 Å². The number of pyridine rings is 1. The predicted octanol–water partition coefficient (Wildman–Crippen LogP) is 3.73. The van der Waals surface area contributed by atoms with Crippen LogP contribution >= 0.6 is 0 Å². The molecule has 0 spiro atoms. The fourth-order valence-corrected chi connectivity index (χ4v) is 2.93. The second-order valence-electron chi connectivity index (χ2n) is 5.73. The van der Waals surface area contributed by atoms with Crippen LogP contribution in [0.1, 0.15) is 17.5 Å². The number of rotatable bonds is 2. The second-order valence-corrected chi connectivity index (χ2v) is 5.73. The van der Waals surface area contributed by atoms with Crippen molar-refractivity contribution in [3.05, 3.63) is 59.7 Å². The summed E-state index contributed by atoms with van der Waals surface area (Å²) in [5.74, 6) is 0.782. The summed E-state index contributed by atoms with van der Waals surface area (Å²) < 4.78 is 0. The molecule has 5 nitrogen and oxygen atoms in total. The van der Waals surface area contributed by atoms with E-state index >= 15 is 0 Å². The lowest BCUT2D eigenvalue weighted by molar-refractivity contribution is -0.116. The second kappa shape index (κ2) is 5.67. The molecule has 24 heavy (non-hydrogen) atoms. The fourth-order valence-electron chi connectivity index (χ4n) is 2.93. The van der Waals surface area contributed by atoms with Crippen LogP contribution < -0.4 is 10.6 Å². The van der Waals surface area contributed by atoms with Crippen molar-refractivity contribution in [3.8, 4) is 6.07 Å². The first-order valence-electron chi connectivity index (χ1n) is 7.72. The molecule has 0 aliphatic carbocycles. The first kappa shape index (κ1) is 14.2. The maximum Gasteiger partial charge on any atom is 0.224 e. The van der Waals surface area contributed by atoms with Crippen molar-refractivity contribution in [3.63, 3.8) is 0 Å². The molecule has 5 heteroatoms. The molecule has 1 aromatic heterocycles. The number of anilines is 3. The third-order valence-electron chi connectivity index (χ3n) is 4.13. The standard InChI is InChI=1S/C19H14N4O/c20-11-13-2-1-3-17-15(13)6-8-18(22-17)21-14-5-7-16-12(10-14)4-9-19(24)23-16/h1-3,5-8,10H,4,9H2,(H,21,22)(H,23,24). The molecule has 2 N–H and O–H groups in total. The number of aryl methyl sites for hydroxylation is 1. The Balaban J connectivity index is 1.65. The molecule has 0 atom stereocenters. The zero-order chi connectivity index (χ0) is 16.5. The van der Waals surface area contributed by atoms with Crippen LogP contribution in [0.15, 0.2) is 48.5 Å². The van der Waals surface area contributed by atoms with Gasteiger partial charge in [-0.3, -0.25) is 4.79 Å². The van der Waals surface area contributed by atoms with Crippen LogP contribution in [0.5, 0.6) is 0 Å². The zero-order valence-electron chi connectivity index (χ0n) is 12.8. The lowest BCUT2D eigenvalue weighted by atomic mass is 10.0. The van der Waals surface area contributed by atoms with Gasteiger partial charge in [-0.15, -0.1) is 0 Å². The zero-order valence-corrected chi connectivity index (χ0v) is 12.8. The molecule has 0 saturated heterocycles. The minimum Gasteiger partial charge on any atom is -0.340 e. The molecule has 0 fully saturated rings. The number of aromatic nitrogens is 1. The number of fused-ring (bicyclic) bond motifs is 2. The molecule has 2 aromatic carbocycles. The van der Waals surface area contributed by atoms with Crippen molar-refractivity contribution in [1.82, 2.24) is 4.98 Å². The van der Waals surface area contributed by atoms with E-state index in [1.54, 1.807) is 6.07 Å². The Morgan fingerprint density at radius 3 is 2.92 bits per heavy atom. The average Bonchev–Trinajstić information content (AvgIpc) is 2.61. The number of benzene rings is 2. The van der Waals surface area contributed by atoms with E-state index in [1.165, 1.54) is 0 Å². The Kier molecular flexibility index (Phi) is 3.36. The van der Waals surface area contributed by atoms with Crippen LogP contribution in [-0.2, 0) is 11.2 Å². The molecule has 4 rings (SSSR count). The Morgan fingerprint density at radius 1 is 1.12 bits per heavy atom. The Labute approximate surface area is 138 Å². The summed E-state index contributed by atoms with van der Waals surface area (Å²) in [4.78, 5) is 16.0. The van der Waals surface area contributed by atoms with Gasteiger partial charge >= 0.3 is 0 Å². The molecular formula is C19H14N4O. The average molecular weight is 314 g/mol. The molecule has 2 heterocycles. The summed E-state index contributed by atoms with van der Waals surface area (Å²) in [6, 6.07) is 17.3. The minimum atomic E-state index is 0.0627. The fraction of sp³-hybridized carbons (Fsp3) is 0.105. The van der Waals surface area contributed by atoms with Crippen molar-refractivity contribution in [1.29, 1.82) is 5.26 Å². The lowest BCUT2D eigenvalue weighted by Crippen LogP contribution is -2.18. The highest BCUT2D eigenvalue weighted by atomic mass is 16.1. The largest absolute Gasteiger partial charge is 0.340 e. The molecule has 1 aliphatic heterocycles. The first-order valence-corrected chi connectivity index (χ1v) is 7.72. The van der Waals surface area contributed by atoms with Gasteiger partial charge in [-0.25, -0.2) is 4.98 Å². The van der Waals surface area contributed by atoms with Crippen LogP contribution in [0.2, 0.25) is 0 Å². The van der Waals surface area contributed by atoms with Gasteiger partial charge in [0, 0.05) is 23.2 Å². The number of hydrogen-bond acceptors (Lipinski definition) is 4. The van der Waals surface area contributed by atoms with Crippen LogP contribution in [-0.4, -0.2) is 10.9 Å². The van der Waals surface area contributed by atoms with E-state index in [9.17, 15) is 4.79 Å². The first-order chi connectivity index (χ1) is 11.7. The molecule has 116 valence electrons. The SMILES string of the molecule is N#Cc1cccc2nc(Nc3ccc4c(c3)CCC(=O)N4)ccc12. The summed E-state index contributed by atoms with van der Waals surface area (Å²) in [6.45, 7) is 0. The number of amides is 1. The molecule has 0 saturated carbocycles. The summed E-state index contributed by atoms with van der Waals surface area (Å²) in [5, 5.41) is 16.2. The van der Waals surface area contributed by atoms with Gasteiger partial charge in [0.15, 0.2) is 0 Å². The van der Waals surface area contributed by atoms with E-state index in [1.807, 2.05) is 42.5 Å². The van der Waals surface area contributed by atoms with Gasteiger partial charge < -0.3 is 10.6 Å². The molecule has 3 aromatic rings. The predicted molar refractivity (Wildman–Crippen MR) is 93.1 cm³/mol. The van der Waals surface area contributed by atoms with Crippen molar-refractivity contribution in [2.45, 2.75) is 12.8 Å². The van der Waals surface area contributed by atoms with Crippen LogP contribution in [0.25, 0.3) is 10.9 Å². The molecule has 1 amide bonds. The highest BCUT2D eigenvalue weighted by molar-refractivity contribution is 5.94. The third kappa shape index (κ3) is 2.55. The van der Waals surface area contributed by atoms with Crippen molar-refractivity contribution >= 4 is 34.0 Å². The molecular weight excluding hydrogens is 300 g/mol. The number of nitrogens with one attached hydrogen (secondary N) is 2. The van der Waals surface area contributed by atoms with E-state index in [-0.39, 0.29) is 5.91 Å². The summed E-state index contributed by atoms with van der Waals surface area (Å²) in [7, 11) is 0. The Hall–Kier alpha value is -3.39. The van der Waals surface area contributed by atoms with Gasteiger partial charge in [0.2, 0.25) is 5.91 Å². The lowest BCUT2D eigenvalue weighted by Gasteiger charge is -2.18. The van der Waals surface area contributed by atoms with Crippen LogP contribution in [0.3, 0.4) is 0 Å². The van der Waals surface area contributed by atoms with Crippen LogP contribution in [0, 0.1) is 11.3 Å². The van der Waals surface area contributed by atoms with E-state index in [4.69, 9.17) is 5.26 Å². The van der Waals surface area contributed by atoms with E-state index in [0.717, 1.165) is 40.1 Å². The Morgan fingerprint density at radius 2 is 2.04 bits per heavy atom. The monoisotopic (exact) mass is 314 g/mol. The highest BCUT2D eigenvalue weighted by Crippen LogP contribution is 2.27. The maximum absolute atomic E-state index is 11.4. The smallest absolute Gasteiger partial charge is 0.224 e. The molecule has 1 aliphatic rings. The molecule has 0 bridgehead atoms. The minimum absolute atomic E-state index is 0.0627. The maximum atomic E-state index is 11.4. The Bertz CT molecular complexity index is 1000.